The lowest BCUT2D eigenvalue weighted by molar-refractivity contribution is -0.0777. The van der Waals surface area contributed by atoms with E-state index in [1.54, 1.807) is 11.4 Å². The number of nitrogens with zero attached hydrogens (tertiary/aromatic N) is 2. The lowest BCUT2D eigenvalue weighted by atomic mass is 9.84. The zero-order valence-electron chi connectivity index (χ0n) is 11.5. The number of hydrogen-bond donors (Lipinski definition) is 1. The van der Waals surface area contributed by atoms with E-state index >= 15 is 0 Å². The third-order valence-corrected chi connectivity index (χ3v) is 4.65. The van der Waals surface area contributed by atoms with Crippen LogP contribution >= 0.6 is 11.3 Å². The SMILES string of the molecule is CCOC1(c2noc(-c3sccc3O)n2)CCCCC1. The highest BCUT2D eigenvalue weighted by molar-refractivity contribution is 7.13. The molecule has 1 saturated carbocycles. The summed E-state index contributed by atoms with van der Waals surface area (Å²) in [5.41, 5.74) is -0.415. The topological polar surface area (TPSA) is 68.4 Å². The van der Waals surface area contributed by atoms with Crippen LogP contribution in [0.15, 0.2) is 16.0 Å². The summed E-state index contributed by atoms with van der Waals surface area (Å²) < 4.78 is 11.3. The predicted molar refractivity (Wildman–Crippen MR) is 75.7 cm³/mol. The summed E-state index contributed by atoms with van der Waals surface area (Å²) in [7, 11) is 0. The van der Waals surface area contributed by atoms with E-state index in [9.17, 15) is 5.11 Å². The van der Waals surface area contributed by atoms with Gasteiger partial charge in [0, 0.05) is 6.61 Å². The van der Waals surface area contributed by atoms with Crippen molar-refractivity contribution >= 4 is 11.3 Å². The Morgan fingerprint density at radius 3 is 2.85 bits per heavy atom. The molecule has 0 amide bonds. The maximum absolute atomic E-state index is 9.74. The standard InChI is InChI=1S/C14H18N2O3S/c1-2-18-14(7-4-3-5-8-14)13-15-12(19-16-13)11-10(17)6-9-20-11/h6,9,17H,2-5,7-8H2,1H3. The Bertz CT molecular complexity index is 567. The van der Waals surface area contributed by atoms with Crippen molar-refractivity contribution in [3.05, 3.63) is 17.3 Å². The fourth-order valence-electron chi connectivity index (χ4n) is 2.79. The van der Waals surface area contributed by atoms with Crippen molar-refractivity contribution in [3.63, 3.8) is 0 Å². The molecular weight excluding hydrogens is 276 g/mol. The van der Waals surface area contributed by atoms with Crippen LogP contribution in [-0.4, -0.2) is 21.9 Å². The number of thiophene rings is 1. The molecule has 0 spiro atoms. The van der Waals surface area contributed by atoms with Gasteiger partial charge in [-0.25, -0.2) is 0 Å². The molecule has 2 heterocycles. The molecule has 2 aromatic rings. The maximum atomic E-state index is 9.74. The number of rotatable bonds is 4. The van der Waals surface area contributed by atoms with Crippen LogP contribution in [0.2, 0.25) is 0 Å². The van der Waals surface area contributed by atoms with E-state index in [0.29, 0.717) is 23.2 Å². The highest BCUT2D eigenvalue weighted by Crippen LogP contribution is 2.41. The Balaban J connectivity index is 1.93. The van der Waals surface area contributed by atoms with Gasteiger partial charge in [-0.3, -0.25) is 0 Å². The molecule has 0 radical (unpaired) electrons. The second-order valence-electron chi connectivity index (χ2n) is 5.05. The van der Waals surface area contributed by atoms with Gasteiger partial charge in [-0.15, -0.1) is 11.3 Å². The Morgan fingerprint density at radius 2 is 2.20 bits per heavy atom. The number of aromatic nitrogens is 2. The van der Waals surface area contributed by atoms with Crippen molar-refractivity contribution < 1.29 is 14.4 Å². The van der Waals surface area contributed by atoms with Crippen molar-refractivity contribution in [1.82, 2.24) is 10.1 Å². The van der Waals surface area contributed by atoms with Gasteiger partial charge in [-0.05, 0) is 31.2 Å². The normalized spacial score (nSPS) is 18.2. The lowest BCUT2D eigenvalue weighted by Crippen LogP contribution is -2.33. The van der Waals surface area contributed by atoms with Gasteiger partial charge < -0.3 is 14.4 Å². The Labute approximate surface area is 121 Å². The third-order valence-electron chi connectivity index (χ3n) is 3.75. The van der Waals surface area contributed by atoms with Gasteiger partial charge in [0.2, 0.25) is 5.82 Å². The highest BCUT2D eigenvalue weighted by atomic mass is 32.1. The molecule has 5 nitrogen and oxygen atoms in total. The molecule has 0 saturated heterocycles. The van der Waals surface area contributed by atoms with Gasteiger partial charge in [0.25, 0.3) is 5.89 Å². The molecule has 1 N–H and O–H groups in total. The Morgan fingerprint density at radius 1 is 1.40 bits per heavy atom. The summed E-state index contributed by atoms with van der Waals surface area (Å²) in [6.45, 7) is 2.62. The van der Waals surface area contributed by atoms with Gasteiger partial charge >= 0.3 is 0 Å². The quantitative estimate of drug-likeness (QED) is 0.931. The smallest absolute Gasteiger partial charge is 0.271 e. The Hall–Kier alpha value is -1.40. The molecule has 6 heteroatoms. The zero-order chi connectivity index (χ0) is 14.0. The summed E-state index contributed by atoms with van der Waals surface area (Å²) in [5.74, 6) is 1.17. The van der Waals surface area contributed by atoms with Crippen molar-refractivity contribution in [3.8, 4) is 16.5 Å². The lowest BCUT2D eigenvalue weighted by Gasteiger charge is -2.33. The zero-order valence-corrected chi connectivity index (χ0v) is 12.3. The van der Waals surface area contributed by atoms with Crippen LogP contribution in [-0.2, 0) is 10.3 Å². The van der Waals surface area contributed by atoms with Crippen molar-refractivity contribution in [1.29, 1.82) is 0 Å². The van der Waals surface area contributed by atoms with E-state index in [1.807, 2.05) is 6.92 Å². The average Bonchev–Trinajstić information content (AvgIpc) is 3.08. The fraction of sp³-hybridized carbons (Fsp3) is 0.571. The van der Waals surface area contributed by atoms with Gasteiger partial charge in [0.05, 0.1) is 0 Å². The van der Waals surface area contributed by atoms with Crippen LogP contribution in [0.1, 0.15) is 44.9 Å². The molecule has 0 aliphatic heterocycles. The molecule has 3 rings (SSSR count). The first-order valence-corrected chi connectivity index (χ1v) is 7.88. The predicted octanol–water partition coefficient (Wildman–Crippen LogP) is 3.70. The van der Waals surface area contributed by atoms with Gasteiger partial charge in [0.15, 0.2) is 0 Å². The van der Waals surface area contributed by atoms with Crippen LogP contribution in [0.25, 0.3) is 10.8 Å². The molecule has 0 aromatic carbocycles. The largest absolute Gasteiger partial charge is 0.506 e. The van der Waals surface area contributed by atoms with E-state index in [2.05, 4.69) is 10.1 Å². The van der Waals surface area contributed by atoms with Crippen molar-refractivity contribution in [2.24, 2.45) is 0 Å². The van der Waals surface area contributed by atoms with Crippen LogP contribution in [0.5, 0.6) is 5.75 Å². The average molecular weight is 294 g/mol. The minimum absolute atomic E-state index is 0.180. The van der Waals surface area contributed by atoms with Gasteiger partial charge in [0.1, 0.15) is 16.2 Å². The summed E-state index contributed by atoms with van der Waals surface area (Å²) in [6.07, 6.45) is 5.32. The van der Waals surface area contributed by atoms with Gasteiger partial charge in [-0.2, -0.15) is 4.98 Å². The van der Waals surface area contributed by atoms with E-state index in [4.69, 9.17) is 9.26 Å². The fourth-order valence-corrected chi connectivity index (χ4v) is 3.50. The minimum atomic E-state index is -0.415. The van der Waals surface area contributed by atoms with E-state index in [0.717, 1.165) is 25.7 Å². The molecule has 108 valence electrons. The second-order valence-corrected chi connectivity index (χ2v) is 5.96. The molecule has 20 heavy (non-hydrogen) atoms. The van der Waals surface area contributed by atoms with Crippen molar-refractivity contribution in [2.45, 2.75) is 44.6 Å². The van der Waals surface area contributed by atoms with Crippen LogP contribution in [0, 0.1) is 0 Å². The monoisotopic (exact) mass is 294 g/mol. The molecule has 0 bridgehead atoms. The molecule has 1 aliphatic carbocycles. The number of ether oxygens (including phenoxy) is 1. The third kappa shape index (κ3) is 2.33. The minimum Gasteiger partial charge on any atom is -0.506 e. The highest BCUT2D eigenvalue weighted by Gasteiger charge is 2.39. The molecule has 0 unspecified atom stereocenters. The first-order valence-electron chi connectivity index (χ1n) is 7.00. The first-order chi connectivity index (χ1) is 9.75. The summed E-state index contributed by atoms with van der Waals surface area (Å²) in [6, 6.07) is 1.63. The summed E-state index contributed by atoms with van der Waals surface area (Å²) in [5, 5.41) is 15.7. The first kappa shape index (κ1) is 13.6. The molecule has 0 atom stereocenters. The van der Waals surface area contributed by atoms with E-state index in [1.165, 1.54) is 17.8 Å². The van der Waals surface area contributed by atoms with Crippen LogP contribution in [0.4, 0.5) is 0 Å². The maximum Gasteiger partial charge on any atom is 0.271 e. The molecule has 1 aliphatic rings. The molecular formula is C14H18N2O3S. The van der Waals surface area contributed by atoms with Crippen molar-refractivity contribution in [2.75, 3.05) is 6.61 Å². The summed E-state index contributed by atoms with van der Waals surface area (Å²) in [4.78, 5) is 5.09. The second kappa shape index (κ2) is 5.54. The van der Waals surface area contributed by atoms with E-state index < -0.39 is 5.60 Å². The van der Waals surface area contributed by atoms with Crippen LogP contribution < -0.4 is 0 Å². The molecule has 1 fully saturated rings. The number of aromatic hydroxyl groups is 1. The van der Waals surface area contributed by atoms with Crippen LogP contribution in [0.3, 0.4) is 0 Å². The summed E-state index contributed by atoms with van der Waals surface area (Å²) >= 11 is 1.39. The van der Waals surface area contributed by atoms with Gasteiger partial charge in [-0.1, -0.05) is 24.4 Å². The van der Waals surface area contributed by atoms with E-state index in [-0.39, 0.29) is 5.75 Å². The Kier molecular flexibility index (Phi) is 3.76. The molecule has 2 aromatic heterocycles. The number of hydrogen-bond acceptors (Lipinski definition) is 6.